The summed E-state index contributed by atoms with van der Waals surface area (Å²) in [5.74, 6) is 0. The molecular weight excluding hydrogens is 220 g/mol. The summed E-state index contributed by atoms with van der Waals surface area (Å²) in [7, 11) is 0. The van der Waals surface area contributed by atoms with Gasteiger partial charge in [0.2, 0.25) is 0 Å². The van der Waals surface area contributed by atoms with Crippen molar-refractivity contribution in [2.24, 2.45) is 0 Å². The zero-order chi connectivity index (χ0) is 11.1. The molecule has 3 heteroatoms. The largest absolute Gasteiger partial charge is 0.362 e. The van der Waals surface area contributed by atoms with E-state index in [1.54, 1.807) is 0 Å². The lowest BCUT2D eigenvalue weighted by Crippen LogP contribution is -2.55. The van der Waals surface area contributed by atoms with E-state index in [1.807, 2.05) is 6.07 Å². The summed E-state index contributed by atoms with van der Waals surface area (Å²) < 4.78 is 0. The Kier molecular flexibility index (Phi) is 2.56. The Labute approximate surface area is 102 Å². The minimum Gasteiger partial charge on any atom is -0.362 e. The van der Waals surface area contributed by atoms with Crippen LogP contribution in [0.2, 0.25) is 5.02 Å². The van der Waals surface area contributed by atoms with Crippen molar-refractivity contribution in [1.82, 2.24) is 5.32 Å². The Morgan fingerprint density at radius 1 is 1.44 bits per heavy atom. The van der Waals surface area contributed by atoms with Gasteiger partial charge in [-0.25, -0.2) is 0 Å². The van der Waals surface area contributed by atoms with Crippen molar-refractivity contribution in [2.75, 3.05) is 18.0 Å². The van der Waals surface area contributed by atoms with E-state index in [2.05, 4.69) is 29.3 Å². The van der Waals surface area contributed by atoms with Gasteiger partial charge in [-0.05, 0) is 30.5 Å². The van der Waals surface area contributed by atoms with Crippen LogP contribution in [0.15, 0.2) is 18.2 Å². The number of benzene rings is 1. The summed E-state index contributed by atoms with van der Waals surface area (Å²) in [5.41, 5.74) is 2.82. The van der Waals surface area contributed by atoms with Crippen LogP contribution in [0.25, 0.3) is 0 Å². The van der Waals surface area contributed by atoms with Crippen LogP contribution in [0, 0.1) is 0 Å². The van der Waals surface area contributed by atoms with Crippen LogP contribution in [0.5, 0.6) is 0 Å². The molecule has 2 heterocycles. The summed E-state index contributed by atoms with van der Waals surface area (Å²) in [4.78, 5) is 2.58. The standard InChI is InChI=1S/C13H17ClN2/c1-2-11-7-15-8-12-5-9-3-4-10(14)6-13(9)16(11)12/h3-4,6,11-12,15H,2,5,7-8H2,1H3/t11?,12-/m1/s1. The molecule has 1 saturated heterocycles. The van der Waals surface area contributed by atoms with Crippen LogP contribution >= 0.6 is 11.6 Å². The van der Waals surface area contributed by atoms with E-state index in [9.17, 15) is 0 Å². The molecule has 0 bridgehead atoms. The molecule has 2 aliphatic rings. The van der Waals surface area contributed by atoms with Gasteiger partial charge in [0.15, 0.2) is 0 Å². The first-order valence-corrected chi connectivity index (χ1v) is 6.45. The topological polar surface area (TPSA) is 15.3 Å². The maximum absolute atomic E-state index is 6.10. The molecule has 86 valence electrons. The highest BCUT2D eigenvalue weighted by molar-refractivity contribution is 6.30. The third kappa shape index (κ3) is 1.52. The molecule has 1 aromatic carbocycles. The second-order valence-electron chi connectivity index (χ2n) is 4.76. The van der Waals surface area contributed by atoms with Gasteiger partial charge in [-0.3, -0.25) is 0 Å². The van der Waals surface area contributed by atoms with Crippen molar-refractivity contribution in [3.8, 4) is 0 Å². The Bertz CT molecular complexity index is 399. The number of hydrogen-bond acceptors (Lipinski definition) is 2. The van der Waals surface area contributed by atoms with E-state index in [1.165, 1.54) is 17.7 Å². The van der Waals surface area contributed by atoms with Crippen molar-refractivity contribution in [3.05, 3.63) is 28.8 Å². The fourth-order valence-electron chi connectivity index (χ4n) is 3.02. The number of nitrogens with zero attached hydrogens (tertiary/aromatic N) is 1. The van der Waals surface area contributed by atoms with E-state index in [-0.39, 0.29) is 0 Å². The second-order valence-corrected chi connectivity index (χ2v) is 5.20. The van der Waals surface area contributed by atoms with Crippen LogP contribution in [0.1, 0.15) is 18.9 Å². The van der Waals surface area contributed by atoms with Crippen molar-refractivity contribution < 1.29 is 0 Å². The van der Waals surface area contributed by atoms with Crippen LogP contribution in [-0.4, -0.2) is 25.2 Å². The number of anilines is 1. The molecule has 0 aliphatic carbocycles. The van der Waals surface area contributed by atoms with Gasteiger partial charge in [0, 0.05) is 35.9 Å². The number of fused-ring (bicyclic) bond motifs is 3. The molecule has 1 unspecified atom stereocenters. The average Bonchev–Trinajstić information content (AvgIpc) is 2.66. The number of halogens is 1. The van der Waals surface area contributed by atoms with Gasteiger partial charge in [0.25, 0.3) is 0 Å². The highest BCUT2D eigenvalue weighted by Gasteiger charge is 2.35. The van der Waals surface area contributed by atoms with E-state index in [0.29, 0.717) is 12.1 Å². The Balaban J connectivity index is 2.01. The predicted octanol–water partition coefficient (Wildman–Crippen LogP) is 2.45. The number of piperazine rings is 1. The Morgan fingerprint density at radius 2 is 2.31 bits per heavy atom. The highest BCUT2D eigenvalue weighted by Crippen LogP contribution is 2.37. The first-order valence-electron chi connectivity index (χ1n) is 6.07. The number of nitrogens with one attached hydrogen (secondary N) is 1. The number of hydrogen-bond donors (Lipinski definition) is 1. The summed E-state index contributed by atoms with van der Waals surface area (Å²) in [6, 6.07) is 7.58. The molecule has 0 amide bonds. The SMILES string of the molecule is CCC1CNC[C@H]2Cc3ccc(Cl)cc3N12. The second kappa shape index (κ2) is 3.94. The smallest absolute Gasteiger partial charge is 0.0459 e. The van der Waals surface area contributed by atoms with Crippen molar-refractivity contribution >= 4 is 17.3 Å². The van der Waals surface area contributed by atoms with Gasteiger partial charge < -0.3 is 10.2 Å². The van der Waals surface area contributed by atoms with Gasteiger partial charge in [-0.1, -0.05) is 24.6 Å². The lowest BCUT2D eigenvalue weighted by atomic mass is 10.1. The molecule has 3 rings (SSSR count). The predicted molar refractivity (Wildman–Crippen MR) is 68.4 cm³/mol. The lowest BCUT2D eigenvalue weighted by Gasteiger charge is -2.40. The summed E-state index contributed by atoms with van der Waals surface area (Å²) in [6.45, 7) is 4.46. The fraction of sp³-hybridized carbons (Fsp3) is 0.538. The van der Waals surface area contributed by atoms with Crippen LogP contribution in [0.4, 0.5) is 5.69 Å². The molecule has 16 heavy (non-hydrogen) atoms. The van der Waals surface area contributed by atoms with E-state index < -0.39 is 0 Å². The maximum Gasteiger partial charge on any atom is 0.0459 e. The summed E-state index contributed by atoms with van der Waals surface area (Å²) in [5, 5.41) is 4.39. The molecule has 0 spiro atoms. The summed E-state index contributed by atoms with van der Waals surface area (Å²) in [6.07, 6.45) is 2.35. The minimum absolute atomic E-state index is 0.624. The third-order valence-electron chi connectivity index (χ3n) is 3.80. The molecule has 2 atom stereocenters. The molecule has 1 aromatic rings. The van der Waals surface area contributed by atoms with Crippen molar-refractivity contribution in [2.45, 2.75) is 31.8 Å². The molecule has 1 fully saturated rings. The van der Waals surface area contributed by atoms with Crippen LogP contribution in [0.3, 0.4) is 0 Å². The highest BCUT2D eigenvalue weighted by atomic mass is 35.5. The minimum atomic E-state index is 0.624. The maximum atomic E-state index is 6.10. The van der Waals surface area contributed by atoms with Crippen LogP contribution < -0.4 is 10.2 Å². The Hall–Kier alpha value is -0.730. The molecule has 2 nitrogen and oxygen atoms in total. The molecule has 2 aliphatic heterocycles. The van der Waals surface area contributed by atoms with Crippen LogP contribution in [-0.2, 0) is 6.42 Å². The first-order chi connectivity index (χ1) is 7.79. The molecule has 0 radical (unpaired) electrons. The quantitative estimate of drug-likeness (QED) is 0.806. The monoisotopic (exact) mass is 236 g/mol. The van der Waals surface area contributed by atoms with Crippen molar-refractivity contribution in [1.29, 1.82) is 0 Å². The molecule has 0 saturated carbocycles. The molecule has 0 aromatic heterocycles. The van der Waals surface area contributed by atoms with E-state index >= 15 is 0 Å². The van der Waals surface area contributed by atoms with E-state index in [4.69, 9.17) is 11.6 Å². The zero-order valence-electron chi connectivity index (χ0n) is 9.54. The first kappa shape index (κ1) is 10.4. The van der Waals surface area contributed by atoms with Gasteiger partial charge in [-0.15, -0.1) is 0 Å². The third-order valence-corrected chi connectivity index (χ3v) is 4.03. The van der Waals surface area contributed by atoms with Gasteiger partial charge >= 0.3 is 0 Å². The Morgan fingerprint density at radius 3 is 3.12 bits per heavy atom. The normalized spacial score (nSPS) is 27.8. The zero-order valence-corrected chi connectivity index (χ0v) is 10.3. The lowest BCUT2D eigenvalue weighted by molar-refractivity contribution is 0.405. The van der Waals surface area contributed by atoms with Crippen molar-refractivity contribution in [3.63, 3.8) is 0 Å². The summed E-state index contributed by atoms with van der Waals surface area (Å²) >= 11 is 6.10. The fourth-order valence-corrected chi connectivity index (χ4v) is 3.19. The van der Waals surface area contributed by atoms with Gasteiger partial charge in [-0.2, -0.15) is 0 Å². The molecular formula is C13H17ClN2. The van der Waals surface area contributed by atoms with Gasteiger partial charge in [0.1, 0.15) is 0 Å². The van der Waals surface area contributed by atoms with E-state index in [0.717, 1.165) is 24.5 Å². The molecule has 1 N–H and O–H groups in total. The number of rotatable bonds is 1. The van der Waals surface area contributed by atoms with Gasteiger partial charge in [0.05, 0.1) is 0 Å². The average molecular weight is 237 g/mol.